The summed E-state index contributed by atoms with van der Waals surface area (Å²) in [6, 6.07) is 15.0. The van der Waals surface area contributed by atoms with Crippen molar-refractivity contribution in [1.29, 1.82) is 0 Å². The number of hydrogen-bond donors (Lipinski definition) is 3. The van der Waals surface area contributed by atoms with Crippen molar-refractivity contribution >= 4 is 27.5 Å². The Morgan fingerprint density at radius 3 is 2.53 bits per heavy atom. The second-order valence-electron chi connectivity index (χ2n) is 7.56. The Bertz CT molecular complexity index is 1290. The number of carbonyl (C=O) groups is 1. The molecule has 0 spiro atoms. The van der Waals surface area contributed by atoms with E-state index in [2.05, 4.69) is 20.2 Å². The summed E-state index contributed by atoms with van der Waals surface area (Å²) in [5, 5.41) is 10.3. The van der Waals surface area contributed by atoms with E-state index in [1.54, 1.807) is 25.3 Å². The van der Waals surface area contributed by atoms with E-state index in [4.69, 9.17) is 4.74 Å². The number of aromatic amines is 1. The third-order valence-electron chi connectivity index (χ3n) is 5.25. The quantitative estimate of drug-likeness (QED) is 0.490. The lowest BCUT2D eigenvalue weighted by atomic mass is 9.79. The molecule has 0 bridgehead atoms. The van der Waals surface area contributed by atoms with Gasteiger partial charge in [0.05, 0.1) is 24.6 Å². The highest BCUT2D eigenvalue weighted by Crippen LogP contribution is 2.44. The summed E-state index contributed by atoms with van der Waals surface area (Å²) in [6.07, 6.45) is 2.83. The highest BCUT2D eigenvalue weighted by atomic mass is 32.2. The first-order valence-corrected chi connectivity index (χ1v) is 12.0. The fourth-order valence-electron chi connectivity index (χ4n) is 3.99. The van der Waals surface area contributed by atoms with Crippen molar-refractivity contribution in [2.24, 2.45) is 0 Å². The van der Waals surface area contributed by atoms with Gasteiger partial charge in [-0.3, -0.25) is 9.82 Å². The maximum absolute atomic E-state index is 12.9. The van der Waals surface area contributed by atoms with Gasteiger partial charge in [0.15, 0.2) is 0 Å². The van der Waals surface area contributed by atoms with Crippen molar-refractivity contribution in [1.82, 2.24) is 10.2 Å². The molecule has 0 amide bonds. The maximum Gasteiger partial charge on any atom is 0.336 e. The normalized spacial score (nSPS) is 15.7. The molecule has 1 aromatic heterocycles. The zero-order chi connectivity index (χ0) is 22.9. The number of rotatable bonds is 6. The average Bonchev–Trinajstić information content (AvgIpc) is 3.20. The molecule has 8 nitrogen and oxygen atoms in total. The molecule has 32 heavy (non-hydrogen) atoms. The number of fused-ring (bicyclic) bond motifs is 1. The van der Waals surface area contributed by atoms with Crippen LogP contribution in [0.15, 0.2) is 66.0 Å². The second-order valence-corrected chi connectivity index (χ2v) is 9.30. The lowest BCUT2D eigenvalue weighted by molar-refractivity contribution is -0.138. The Morgan fingerprint density at radius 2 is 1.84 bits per heavy atom. The molecule has 0 saturated heterocycles. The smallest absolute Gasteiger partial charge is 0.336 e. The summed E-state index contributed by atoms with van der Waals surface area (Å²) >= 11 is 0. The largest absolute Gasteiger partial charge is 0.463 e. The van der Waals surface area contributed by atoms with Gasteiger partial charge < -0.3 is 10.1 Å². The summed E-state index contributed by atoms with van der Waals surface area (Å²) < 4.78 is 30.9. The zero-order valence-electron chi connectivity index (χ0n) is 18.0. The third-order valence-corrected chi connectivity index (χ3v) is 5.86. The number of H-pyrrole nitrogens is 1. The predicted octanol–water partition coefficient (Wildman–Crippen LogP) is 3.84. The number of nitrogens with one attached hydrogen (secondary N) is 3. The summed E-state index contributed by atoms with van der Waals surface area (Å²) in [5.41, 5.74) is 5.30. The first-order chi connectivity index (χ1) is 15.3. The van der Waals surface area contributed by atoms with Gasteiger partial charge in [0.25, 0.3) is 0 Å². The molecule has 0 fully saturated rings. The molecule has 2 aromatic carbocycles. The highest BCUT2D eigenvalue weighted by molar-refractivity contribution is 7.92. The van der Waals surface area contributed by atoms with Crippen LogP contribution in [0, 0.1) is 0 Å². The van der Waals surface area contributed by atoms with Crippen molar-refractivity contribution in [2.75, 3.05) is 22.9 Å². The van der Waals surface area contributed by atoms with E-state index < -0.39 is 10.0 Å². The Kier molecular flexibility index (Phi) is 5.75. The van der Waals surface area contributed by atoms with Crippen molar-refractivity contribution in [2.45, 2.75) is 19.8 Å². The standard InChI is InChI=1S/C23H24N4O4S/c1-4-31-23(28)20-14(2)25-22-19(13-24-26-22)21(20)18-8-6-5-7-17(18)15-9-11-16(12-10-15)27-32(3,29)30/h5-13,21,27H,4H2,1-3H3,(H2,24,25,26). The van der Waals surface area contributed by atoms with Crippen molar-refractivity contribution in [3.8, 4) is 11.1 Å². The van der Waals surface area contributed by atoms with Crippen LogP contribution in [0.1, 0.15) is 30.9 Å². The van der Waals surface area contributed by atoms with E-state index in [0.717, 1.165) is 34.3 Å². The van der Waals surface area contributed by atoms with E-state index in [9.17, 15) is 13.2 Å². The molecule has 2 heterocycles. The number of sulfonamides is 1. The second kappa shape index (κ2) is 8.51. The summed E-state index contributed by atoms with van der Waals surface area (Å²) in [5.74, 6) is -0.0195. The molecule has 0 aliphatic carbocycles. The third kappa shape index (κ3) is 4.24. The van der Waals surface area contributed by atoms with Gasteiger partial charge in [0.2, 0.25) is 10.0 Å². The predicted molar refractivity (Wildman–Crippen MR) is 124 cm³/mol. The van der Waals surface area contributed by atoms with Gasteiger partial charge >= 0.3 is 5.97 Å². The van der Waals surface area contributed by atoms with Crippen LogP contribution in [0.25, 0.3) is 11.1 Å². The number of nitrogens with zero attached hydrogens (tertiary/aromatic N) is 1. The van der Waals surface area contributed by atoms with Crippen molar-refractivity contribution in [3.63, 3.8) is 0 Å². The van der Waals surface area contributed by atoms with Crippen LogP contribution in [0.5, 0.6) is 0 Å². The lowest BCUT2D eigenvalue weighted by Crippen LogP contribution is -2.24. The van der Waals surface area contributed by atoms with E-state index in [1.165, 1.54) is 0 Å². The molecule has 0 saturated carbocycles. The van der Waals surface area contributed by atoms with Gasteiger partial charge in [0, 0.05) is 22.9 Å². The molecule has 3 N–H and O–H groups in total. The summed E-state index contributed by atoms with van der Waals surface area (Å²) in [6.45, 7) is 3.90. The number of anilines is 2. The minimum Gasteiger partial charge on any atom is -0.463 e. The Morgan fingerprint density at radius 1 is 1.12 bits per heavy atom. The van der Waals surface area contributed by atoms with Crippen LogP contribution in [-0.4, -0.2) is 37.4 Å². The maximum atomic E-state index is 12.9. The summed E-state index contributed by atoms with van der Waals surface area (Å²) in [4.78, 5) is 12.9. The minimum absolute atomic E-state index is 0.275. The first kappa shape index (κ1) is 21.6. The van der Waals surface area contributed by atoms with Gasteiger partial charge in [0.1, 0.15) is 5.82 Å². The number of ether oxygens (including phenoxy) is 1. The lowest BCUT2D eigenvalue weighted by Gasteiger charge is -2.28. The van der Waals surface area contributed by atoms with Gasteiger partial charge in [-0.1, -0.05) is 36.4 Å². The minimum atomic E-state index is -3.36. The first-order valence-electron chi connectivity index (χ1n) is 10.1. The Balaban J connectivity index is 1.83. The molecule has 0 radical (unpaired) electrons. The van der Waals surface area contributed by atoms with Gasteiger partial charge in [-0.25, -0.2) is 13.2 Å². The Labute approximate surface area is 186 Å². The van der Waals surface area contributed by atoms with Crippen LogP contribution in [0.3, 0.4) is 0 Å². The van der Waals surface area contributed by atoms with E-state index in [-0.39, 0.29) is 18.5 Å². The number of hydrogen-bond acceptors (Lipinski definition) is 6. The van der Waals surface area contributed by atoms with Gasteiger partial charge in [-0.15, -0.1) is 0 Å². The molecule has 1 aliphatic heterocycles. The fraction of sp³-hybridized carbons (Fsp3) is 0.217. The van der Waals surface area contributed by atoms with Gasteiger partial charge in [-0.2, -0.15) is 5.10 Å². The van der Waals surface area contributed by atoms with Crippen molar-refractivity contribution in [3.05, 3.63) is 77.1 Å². The van der Waals surface area contributed by atoms with Gasteiger partial charge in [-0.05, 0) is 42.7 Å². The number of esters is 1. The number of benzene rings is 2. The van der Waals surface area contributed by atoms with Crippen LogP contribution < -0.4 is 10.0 Å². The fourth-order valence-corrected chi connectivity index (χ4v) is 4.55. The molecule has 3 aromatic rings. The zero-order valence-corrected chi connectivity index (χ0v) is 18.8. The van der Waals surface area contributed by atoms with Crippen LogP contribution >= 0.6 is 0 Å². The molecular weight excluding hydrogens is 428 g/mol. The molecular formula is C23H24N4O4S. The average molecular weight is 453 g/mol. The highest BCUT2D eigenvalue weighted by Gasteiger charge is 2.35. The molecule has 1 aliphatic rings. The van der Waals surface area contributed by atoms with E-state index in [0.29, 0.717) is 17.0 Å². The van der Waals surface area contributed by atoms with Crippen LogP contribution in [0.4, 0.5) is 11.5 Å². The summed E-state index contributed by atoms with van der Waals surface area (Å²) in [7, 11) is -3.36. The number of carbonyl (C=O) groups excluding carboxylic acids is 1. The molecule has 1 atom stereocenters. The van der Waals surface area contributed by atoms with E-state index in [1.807, 2.05) is 43.3 Å². The Hall–Kier alpha value is -3.59. The molecule has 166 valence electrons. The van der Waals surface area contributed by atoms with Crippen LogP contribution in [0.2, 0.25) is 0 Å². The molecule has 4 rings (SSSR count). The number of aromatic nitrogens is 2. The van der Waals surface area contributed by atoms with Crippen LogP contribution in [-0.2, 0) is 19.6 Å². The topological polar surface area (TPSA) is 113 Å². The molecule has 1 unspecified atom stereocenters. The SMILES string of the molecule is CCOC(=O)C1=C(C)Nc2[nH]ncc2C1c1ccccc1-c1ccc(NS(C)(=O)=O)cc1. The monoisotopic (exact) mass is 452 g/mol. The molecule has 9 heteroatoms. The number of allylic oxidation sites excluding steroid dienone is 1. The van der Waals surface area contributed by atoms with E-state index >= 15 is 0 Å². The van der Waals surface area contributed by atoms with Crippen molar-refractivity contribution < 1.29 is 17.9 Å².